The SMILES string of the molecule is COCCCn1cc(CN(C(=O)[C@H]2CN(C(=O)OC(C)(C)C)CC[C@@H]2c2cccc(N3CC=CCC3)c2)C2CC2)c2ccccc21. The van der Waals surface area contributed by atoms with E-state index in [1.54, 1.807) is 12.0 Å². The molecule has 8 heteroatoms. The molecule has 3 aliphatic rings. The van der Waals surface area contributed by atoms with Crippen LogP contribution in [0.25, 0.3) is 10.9 Å². The number of rotatable bonds is 10. The lowest BCUT2D eigenvalue weighted by Crippen LogP contribution is -2.51. The van der Waals surface area contributed by atoms with Crippen LogP contribution in [0.2, 0.25) is 0 Å². The summed E-state index contributed by atoms with van der Waals surface area (Å²) < 4.78 is 13.4. The van der Waals surface area contributed by atoms with Gasteiger partial charge in [-0.15, -0.1) is 0 Å². The molecule has 3 aromatic rings. The van der Waals surface area contributed by atoms with Gasteiger partial charge in [0, 0.05) is 81.8 Å². The molecule has 2 aromatic carbocycles. The van der Waals surface area contributed by atoms with Gasteiger partial charge in [-0.25, -0.2) is 4.79 Å². The van der Waals surface area contributed by atoms with Crippen LogP contribution in [0.15, 0.2) is 66.9 Å². The van der Waals surface area contributed by atoms with E-state index >= 15 is 0 Å². The number of aryl methyl sites for hydroxylation is 1. The number of likely N-dealkylation sites (tertiary alicyclic amines) is 1. The maximum Gasteiger partial charge on any atom is 0.410 e. The number of amides is 2. The minimum Gasteiger partial charge on any atom is -0.444 e. The number of carbonyl (C=O) groups is 2. The van der Waals surface area contributed by atoms with Gasteiger partial charge < -0.3 is 28.7 Å². The molecule has 46 heavy (non-hydrogen) atoms. The van der Waals surface area contributed by atoms with Gasteiger partial charge in [0.2, 0.25) is 5.91 Å². The van der Waals surface area contributed by atoms with Crippen molar-refractivity contribution in [2.75, 3.05) is 44.8 Å². The summed E-state index contributed by atoms with van der Waals surface area (Å²) in [6.07, 6.45) is 11.1. The Bertz CT molecular complexity index is 1550. The van der Waals surface area contributed by atoms with E-state index in [0.717, 1.165) is 51.7 Å². The fourth-order valence-corrected chi connectivity index (χ4v) is 7.10. The second-order valence-electron chi connectivity index (χ2n) is 14.1. The number of para-hydroxylation sites is 1. The van der Waals surface area contributed by atoms with Gasteiger partial charge >= 0.3 is 6.09 Å². The molecule has 2 aliphatic heterocycles. The summed E-state index contributed by atoms with van der Waals surface area (Å²) >= 11 is 0. The summed E-state index contributed by atoms with van der Waals surface area (Å²) in [6, 6.07) is 17.5. The minimum absolute atomic E-state index is 0.0168. The van der Waals surface area contributed by atoms with Crippen molar-refractivity contribution >= 4 is 28.6 Å². The fourth-order valence-electron chi connectivity index (χ4n) is 7.10. The zero-order valence-electron chi connectivity index (χ0n) is 28.0. The Morgan fingerprint density at radius 2 is 1.83 bits per heavy atom. The first-order valence-electron chi connectivity index (χ1n) is 17.1. The molecule has 2 fully saturated rings. The molecule has 0 bridgehead atoms. The average Bonchev–Trinajstić information content (AvgIpc) is 3.85. The molecular weight excluding hydrogens is 576 g/mol. The molecule has 1 aliphatic carbocycles. The van der Waals surface area contributed by atoms with E-state index in [-0.39, 0.29) is 29.9 Å². The normalized spacial score (nSPS) is 20.3. The molecule has 6 rings (SSSR count). The van der Waals surface area contributed by atoms with Crippen LogP contribution in [-0.4, -0.2) is 77.9 Å². The second-order valence-corrected chi connectivity index (χ2v) is 14.1. The van der Waals surface area contributed by atoms with Crippen LogP contribution in [0, 0.1) is 5.92 Å². The molecule has 0 N–H and O–H groups in total. The zero-order valence-corrected chi connectivity index (χ0v) is 28.0. The number of hydrogen-bond acceptors (Lipinski definition) is 5. The Morgan fingerprint density at radius 1 is 1.00 bits per heavy atom. The lowest BCUT2D eigenvalue weighted by Gasteiger charge is -2.41. The van der Waals surface area contributed by atoms with Gasteiger partial charge in [-0.2, -0.15) is 0 Å². The van der Waals surface area contributed by atoms with Crippen molar-refractivity contribution < 1.29 is 19.1 Å². The summed E-state index contributed by atoms with van der Waals surface area (Å²) in [6.45, 7) is 10.6. The maximum absolute atomic E-state index is 14.9. The number of fused-ring (bicyclic) bond motifs is 1. The van der Waals surface area contributed by atoms with Crippen molar-refractivity contribution in [3.63, 3.8) is 0 Å². The molecule has 8 nitrogen and oxygen atoms in total. The summed E-state index contributed by atoms with van der Waals surface area (Å²) in [4.78, 5) is 34.4. The molecule has 1 saturated carbocycles. The third-order valence-electron chi connectivity index (χ3n) is 9.53. The summed E-state index contributed by atoms with van der Waals surface area (Å²) in [7, 11) is 1.74. The van der Waals surface area contributed by atoms with Crippen LogP contribution < -0.4 is 4.90 Å². The first kappa shape index (κ1) is 32.2. The van der Waals surface area contributed by atoms with Crippen LogP contribution in [0.3, 0.4) is 0 Å². The van der Waals surface area contributed by atoms with E-state index in [4.69, 9.17) is 9.47 Å². The molecule has 3 heterocycles. The Kier molecular flexibility index (Phi) is 9.73. The lowest BCUT2D eigenvalue weighted by molar-refractivity contribution is -0.139. The smallest absolute Gasteiger partial charge is 0.410 e. The van der Waals surface area contributed by atoms with Gasteiger partial charge in [0.15, 0.2) is 0 Å². The number of benzene rings is 2. The molecular formula is C38H50N4O4. The van der Waals surface area contributed by atoms with Crippen molar-refractivity contribution in [2.24, 2.45) is 5.92 Å². The van der Waals surface area contributed by atoms with Crippen molar-refractivity contribution in [3.8, 4) is 0 Å². The van der Waals surface area contributed by atoms with Crippen molar-refractivity contribution in [1.29, 1.82) is 0 Å². The highest BCUT2D eigenvalue weighted by Gasteiger charge is 2.43. The van der Waals surface area contributed by atoms with E-state index < -0.39 is 5.60 Å². The summed E-state index contributed by atoms with van der Waals surface area (Å²) in [5.74, 6) is -0.195. The number of anilines is 1. The third kappa shape index (κ3) is 7.43. The van der Waals surface area contributed by atoms with E-state index in [2.05, 4.69) is 81.2 Å². The van der Waals surface area contributed by atoms with Crippen LogP contribution in [-0.2, 0) is 27.4 Å². The molecule has 0 spiro atoms. The Hall–Kier alpha value is -3.78. The summed E-state index contributed by atoms with van der Waals surface area (Å²) in [5.41, 5.74) is 4.14. The second kappa shape index (κ2) is 13.9. The highest BCUT2D eigenvalue weighted by atomic mass is 16.6. The Balaban J connectivity index is 1.30. The van der Waals surface area contributed by atoms with E-state index in [1.165, 1.54) is 27.7 Å². The largest absolute Gasteiger partial charge is 0.444 e. The van der Waals surface area contributed by atoms with Crippen molar-refractivity contribution in [1.82, 2.24) is 14.4 Å². The predicted molar refractivity (Wildman–Crippen MR) is 183 cm³/mol. The van der Waals surface area contributed by atoms with Gasteiger partial charge in [-0.05, 0) is 88.1 Å². The van der Waals surface area contributed by atoms with E-state index in [9.17, 15) is 9.59 Å². The first-order chi connectivity index (χ1) is 22.2. The number of methoxy groups -OCH3 is 1. The number of hydrogen-bond donors (Lipinski definition) is 0. The predicted octanol–water partition coefficient (Wildman–Crippen LogP) is 6.98. The van der Waals surface area contributed by atoms with Gasteiger partial charge in [0.05, 0.1) is 5.92 Å². The number of nitrogens with zero attached hydrogens (tertiary/aromatic N) is 4. The molecule has 2 amide bonds. The quantitative estimate of drug-likeness (QED) is 0.180. The highest BCUT2D eigenvalue weighted by molar-refractivity contribution is 5.86. The van der Waals surface area contributed by atoms with Gasteiger partial charge in [-0.1, -0.05) is 42.5 Å². The van der Waals surface area contributed by atoms with E-state index in [1.807, 2.05) is 20.8 Å². The standard InChI is InChI=1S/C38H50N4O4/c1-38(2,3)46-37(44)41-22-18-32(28-12-10-13-31(24-28)39-19-8-5-9-20-39)34(27-41)36(43)42(30-16-17-30)26-29-25-40(21-11-23-45-4)35-15-7-6-14-33(29)35/h5-8,10,12-15,24-25,30,32,34H,9,11,16-23,26-27H2,1-4H3/t32-,34+/m1/s1. The summed E-state index contributed by atoms with van der Waals surface area (Å²) in [5, 5.41) is 1.19. The maximum atomic E-state index is 14.9. The molecule has 1 aromatic heterocycles. The number of carbonyl (C=O) groups excluding carboxylic acids is 2. The van der Waals surface area contributed by atoms with Crippen LogP contribution in [0.5, 0.6) is 0 Å². The molecule has 246 valence electrons. The van der Waals surface area contributed by atoms with Crippen LogP contribution in [0.1, 0.15) is 69.9 Å². The molecule has 0 radical (unpaired) electrons. The minimum atomic E-state index is -0.595. The number of ether oxygens (including phenoxy) is 2. The number of aromatic nitrogens is 1. The monoisotopic (exact) mass is 626 g/mol. The molecule has 1 saturated heterocycles. The van der Waals surface area contributed by atoms with Crippen LogP contribution in [0.4, 0.5) is 10.5 Å². The average molecular weight is 627 g/mol. The van der Waals surface area contributed by atoms with Gasteiger partial charge in [-0.3, -0.25) is 4.79 Å². The van der Waals surface area contributed by atoms with E-state index in [0.29, 0.717) is 26.2 Å². The third-order valence-corrected chi connectivity index (χ3v) is 9.53. The molecule has 2 atom stereocenters. The molecule has 0 unspecified atom stereocenters. The lowest BCUT2D eigenvalue weighted by atomic mass is 9.79. The Labute approximate surface area is 273 Å². The topological polar surface area (TPSA) is 67.2 Å². The van der Waals surface area contributed by atoms with Crippen molar-refractivity contribution in [2.45, 2.75) is 83.5 Å². The number of piperidine rings is 1. The van der Waals surface area contributed by atoms with Gasteiger partial charge in [0.25, 0.3) is 0 Å². The Morgan fingerprint density at radius 3 is 2.57 bits per heavy atom. The van der Waals surface area contributed by atoms with Crippen molar-refractivity contribution in [3.05, 3.63) is 78.0 Å². The zero-order chi connectivity index (χ0) is 32.3. The van der Waals surface area contributed by atoms with Gasteiger partial charge in [0.1, 0.15) is 5.60 Å². The first-order valence-corrected chi connectivity index (χ1v) is 17.1. The van der Waals surface area contributed by atoms with Crippen LogP contribution >= 0.6 is 0 Å². The highest BCUT2D eigenvalue weighted by Crippen LogP contribution is 2.40. The fraction of sp³-hybridized carbons (Fsp3) is 0.526.